The molecule has 3 aromatic carbocycles. The van der Waals surface area contributed by atoms with Crippen LogP contribution in [0, 0.1) is 0 Å². The second-order valence-electron chi connectivity index (χ2n) is 8.77. The lowest BCUT2D eigenvalue weighted by Crippen LogP contribution is -2.51. The van der Waals surface area contributed by atoms with Gasteiger partial charge in [-0.1, -0.05) is 42.8 Å². The van der Waals surface area contributed by atoms with Crippen molar-refractivity contribution in [1.82, 2.24) is 10.2 Å². The van der Waals surface area contributed by atoms with Crippen molar-refractivity contribution >= 4 is 39.1 Å². The van der Waals surface area contributed by atoms with Crippen molar-refractivity contribution in [1.29, 1.82) is 0 Å². The number of benzene rings is 3. The molecule has 9 nitrogen and oxygen atoms in total. The Bertz CT molecular complexity index is 1400. The minimum absolute atomic E-state index is 0.0453. The number of rotatable bonds is 13. The van der Waals surface area contributed by atoms with Gasteiger partial charge in [-0.25, -0.2) is 8.42 Å². The minimum Gasteiger partial charge on any atom is -0.497 e. The third kappa shape index (κ3) is 7.25. The van der Waals surface area contributed by atoms with Crippen LogP contribution < -0.4 is 19.1 Å². The molecular weight excluding hydrogens is 554 g/mol. The number of hydrogen-bond acceptors (Lipinski definition) is 6. The van der Waals surface area contributed by atoms with Gasteiger partial charge in [0.05, 0.1) is 24.3 Å². The SMILES string of the molecule is CCOc1ccccc1N(CC(=O)N(Cc1ccc(OC)cc1)[C@@H](CC)C(=O)NC)S(=O)(=O)c1ccc(Cl)cc1. The number of amides is 2. The number of carbonyl (C=O) groups excluding carboxylic acids is 2. The Morgan fingerprint density at radius 1 is 0.975 bits per heavy atom. The molecule has 0 spiro atoms. The summed E-state index contributed by atoms with van der Waals surface area (Å²) in [5, 5.41) is 2.98. The number of ether oxygens (including phenoxy) is 2. The highest BCUT2D eigenvalue weighted by atomic mass is 35.5. The molecule has 0 aromatic heterocycles. The van der Waals surface area contributed by atoms with Crippen molar-refractivity contribution in [2.45, 2.75) is 37.8 Å². The van der Waals surface area contributed by atoms with Crippen molar-refractivity contribution in [2.75, 3.05) is 31.6 Å². The van der Waals surface area contributed by atoms with Crippen molar-refractivity contribution < 1.29 is 27.5 Å². The first kappa shape index (κ1) is 30.8. The molecule has 0 aliphatic heterocycles. The molecule has 1 atom stereocenters. The quantitative estimate of drug-likeness (QED) is 0.316. The molecule has 0 aliphatic rings. The van der Waals surface area contributed by atoms with Crippen LogP contribution in [-0.2, 0) is 26.2 Å². The first-order valence-electron chi connectivity index (χ1n) is 12.8. The van der Waals surface area contributed by atoms with Crippen LogP contribution in [0.1, 0.15) is 25.8 Å². The minimum atomic E-state index is -4.25. The fraction of sp³-hybridized carbons (Fsp3) is 0.310. The van der Waals surface area contributed by atoms with E-state index < -0.39 is 28.5 Å². The van der Waals surface area contributed by atoms with Crippen molar-refractivity contribution in [3.8, 4) is 11.5 Å². The summed E-state index contributed by atoms with van der Waals surface area (Å²) in [7, 11) is -1.20. The van der Waals surface area contributed by atoms with E-state index in [1.165, 1.54) is 36.2 Å². The Kier molecular flexibility index (Phi) is 10.8. The second-order valence-corrected chi connectivity index (χ2v) is 11.1. The van der Waals surface area contributed by atoms with Gasteiger partial charge in [0.15, 0.2) is 0 Å². The molecule has 0 bridgehead atoms. The molecule has 1 N–H and O–H groups in total. The summed E-state index contributed by atoms with van der Waals surface area (Å²) in [5.41, 5.74) is 0.948. The molecule has 0 unspecified atom stereocenters. The van der Waals surface area contributed by atoms with Crippen LogP contribution in [0.4, 0.5) is 5.69 Å². The van der Waals surface area contributed by atoms with Crippen LogP contribution in [-0.4, -0.2) is 58.5 Å². The van der Waals surface area contributed by atoms with Gasteiger partial charge in [0.25, 0.3) is 10.0 Å². The number of nitrogens with zero attached hydrogens (tertiary/aromatic N) is 2. The van der Waals surface area contributed by atoms with Crippen LogP contribution in [0.5, 0.6) is 11.5 Å². The van der Waals surface area contributed by atoms with E-state index in [1.54, 1.807) is 69.5 Å². The molecule has 0 aliphatic carbocycles. The van der Waals surface area contributed by atoms with Gasteiger partial charge in [0, 0.05) is 18.6 Å². The Labute approximate surface area is 240 Å². The standard InChI is InChI=1S/C29H34ClN3O6S/c1-5-25(29(35)31-3)32(19-21-11-15-23(38-4)16-12-21)28(34)20-33(26-9-7-8-10-27(26)39-6-2)40(36,37)24-17-13-22(30)14-18-24/h7-18,25H,5-6,19-20H2,1-4H3,(H,31,35)/t25-/m0/s1. The Morgan fingerprint density at radius 3 is 2.20 bits per heavy atom. The Balaban J connectivity index is 2.09. The number of halogens is 1. The van der Waals surface area contributed by atoms with Gasteiger partial charge in [-0.3, -0.25) is 13.9 Å². The first-order valence-corrected chi connectivity index (χ1v) is 14.6. The van der Waals surface area contributed by atoms with E-state index in [2.05, 4.69) is 5.32 Å². The van der Waals surface area contributed by atoms with E-state index in [0.29, 0.717) is 22.9 Å². The summed E-state index contributed by atoms with van der Waals surface area (Å²) in [6.45, 7) is 3.37. The molecule has 40 heavy (non-hydrogen) atoms. The molecule has 11 heteroatoms. The largest absolute Gasteiger partial charge is 0.497 e. The third-order valence-corrected chi connectivity index (χ3v) is 8.28. The zero-order valence-corrected chi connectivity index (χ0v) is 24.5. The maximum atomic E-state index is 14.0. The van der Waals surface area contributed by atoms with Gasteiger partial charge in [-0.2, -0.15) is 0 Å². The molecule has 0 saturated carbocycles. The van der Waals surface area contributed by atoms with Gasteiger partial charge >= 0.3 is 0 Å². The number of carbonyl (C=O) groups is 2. The number of methoxy groups -OCH3 is 1. The topological polar surface area (TPSA) is 105 Å². The van der Waals surface area contributed by atoms with Crippen LogP contribution in [0.15, 0.2) is 77.7 Å². The molecule has 3 rings (SSSR count). The van der Waals surface area contributed by atoms with E-state index in [9.17, 15) is 18.0 Å². The smallest absolute Gasteiger partial charge is 0.264 e. The maximum Gasteiger partial charge on any atom is 0.264 e. The van der Waals surface area contributed by atoms with Gasteiger partial charge in [-0.05, 0) is 67.4 Å². The predicted molar refractivity (Wildman–Crippen MR) is 155 cm³/mol. The van der Waals surface area contributed by atoms with E-state index in [-0.39, 0.29) is 29.6 Å². The molecule has 0 radical (unpaired) electrons. The first-order chi connectivity index (χ1) is 19.2. The lowest BCUT2D eigenvalue weighted by molar-refractivity contribution is -0.140. The van der Waals surface area contributed by atoms with Crippen molar-refractivity contribution in [2.24, 2.45) is 0 Å². The molecule has 214 valence electrons. The lowest BCUT2D eigenvalue weighted by atomic mass is 10.1. The number of sulfonamides is 1. The van der Waals surface area contributed by atoms with Crippen molar-refractivity contribution in [3.63, 3.8) is 0 Å². The maximum absolute atomic E-state index is 14.0. The molecular formula is C29H34ClN3O6S. The molecule has 0 saturated heterocycles. The fourth-order valence-electron chi connectivity index (χ4n) is 4.20. The summed E-state index contributed by atoms with van der Waals surface area (Å²) in [4.78, 5) is 28.2. The average molecular weight is 588 g/mol. The highest BCUT2D eigenvalue weighted by molar-refractivity contribution is 7.92. The summed E-state index contributed by atoms with van der Waals surface area (Å²) >= 11 is 6.01. The van der Waals surface area contributed by atoms with Gasteiger partial charge in [0.2, 0.25) is 11.8 Å². The number of hydrogen-bond donors (Lipinski definition) is 1. The lowest BCUT2D eigenvalue weighted by Gasteiger charge is -2.33. The number of para-hydroxylation sites is 2. The van der Waals surface area contributed by atoms with E-state index in [1.807, 2.05) is 0 Å². The molecule has 2 amide bonds. The van der Waals surface area contributed by atoms with Gasteiger partial charge in [-0.15, -0.1) is 0 Å². The molecule has 0 fully saturated rings. The second kappa shape index (κ2) is 14.0. The summed E-state index contributed by atoms with van der Waals surface area (Å²) in [6, 6.07) is 18.6. The summed E-state index contributed by atoms with van der Waals surface area (Å²) in [5.74, 6) is 0.0319. The predicted octanol–water partition coefficient (Wildman–Crippen LogP) is 4.50. The van der Waals surface area contributed by atoms with Gasteiger partial charge < -0.3 is 19.7 Å². The normalized spacial score (nSPS) is 11.8. The Morgan fingerprint density at radius 2 is 1.62 bits per heavy atom. The molecule has 3 aromatic rings. The van der Waals surface area contributed by atoms with Crippen LogP contribution in [0.3, 0.4) is 0 Å². The number of anilines is 1. The average Bonchev–Trinajstić information content (AvgIpc) is 2.96. The van der Waals surface area contributed by atoms with E-state index in [4.69, 9.17) is 21.1 Å². The number of nitrogens with one attached hydrogen (secondary N) is 1. The third-order valence-electron chi connectivity index (χ3n) is 6.26. The zero-order chi connectivity index (χ0) is 29.3. The van der Waals surface area contributed by atoms with Crippen LogP contribution in [0.25, 0.3) is 0 Å². The summed E-state index contributed by atoms with van der Waals surface area (Å²) < 4.78 is 39.9. The zero-order valence-electron chi connectivity index (χ0n) is 23.0. The molecule has 0 heterocycles. The van der Waals surface area contributed by atoms with Crippen LogP contribution >= 0.6 is 11.6 Å². The highest BCUT2D eigenvalue weighted by Gasteiger charge is 2.34. The van der Waals surface area contributed by atoms with E-state index in [0.717, 1.165) is 9.87 Å². The number of likely N-dealkylation sites (N-methyl/N-ethyl adjacent to an activating group) is 1. The van der Waals surface area contributed by atoms with Crippen LogP contribution in [0.2, 0.25) is 5.02 Å². The van der Waals surface area contributed by atoms with E-state index >= 15 is 0 Å². The van der Waals surface area contributed by atoms with Crippen molar-refractivity contribution in [3.05, 3.63) is 83.4 Å². The monoisotopic (exact) mass is 587 g/mol. The highest BCUT2D eigenvalue weighted by Crippen LogP contribution is 2.33. The Hall–Kier alpha value is -3.76. The fourth-order valence-corrected chi connectivity index (χ4v) is 5.75. The van der Waals surface area contributed by atoms with Gasteiger partial charge in [0.1, 0.15) is 24.1 Å². The summed E-state index contributed by atoms with van der Waals surface area (Å²) in [6.07, 6.45) is 0.320.